The predicted octanol–water partition coefficient (Wildman–Crippen LogP) is 14.8. The Bertz CT molecular complexity index is 3010. The smallest absolute Gasteiger partial charge is 0.0402 e. The Morgan fingerprint density at radius 3 is 1.63 bits per heavy atom. The third kappa shape index (κ3) is 4.15. The molecule has 0 bridgehead atoms. The van der Waals surface area contributed by atoms with Crippen LogP contribution in [0.3, 0.4) is 0 Å². The van der Waals surface area contributed by atoms with Crippen LogP contribution in [-0.4, -0.2) is 0 Å². The van der Waals surface area contributed by atoms with E-state index in [0.717, 1.165) is 0 Å². The van der Waals surface area contributed by atoms with Gasteiger partial charge in [0, 0.05) is 25.6 Å². The van der Waals surface area contributed by atoms with Gasteiger partial charge in [0.1, 0.15) is 0 Å². The summed E-state index contributed by atoms with van der Waals surface area (Å²) in [4.78, 5) is 0. The van der Waals surface area contributed by atoms with E-state index in [1.54, 1.807) is 0 Å². The van der Waals surface area contributed by atoms with Crippen molar-refractivity contribution in [2.75, 3.05) is 0 Å². The highest BCUT2D eigenvalue weighted by molar-refractivity contribution is 7.26. The lowest BCUT2D eigenvalue weighted by molar-refractivity contribution is 0.667. The number of benzene rings is 9. The highest BCUT2D eigenvalue weighted by Gasteiger charge is 2.38. The minimum absolute atomic E-state index is 0.0860. The Balaban J connectivity index is 1.04. The lowest BCUT2D eigenvalue weighted by atomic mass is 9.81. The molecule has 0 amide bonds. The highest BCUT2D eigenvalue weighted by atomic mass is 32.1. The quantitative estimate of drug-likeness (QED) is 0.163. The molecular weight excluding hydrogens is 645 g/mol. The average molecular weight is 679 g/mol. The zero-order valence-corrected chi connectivity index (χ0v) is 29.9. The first kappa shape index (κ1) is 29.7. The maximum absolute atomic E-state index is 2.44. The second-order valence-electron chi connectivity index (χ2n) is 14.8. The van der Waals surface area contributed by atoms with E-state index in [4.69, 9.17) is 0 Å². The molecule has 0 unspecified atom stereocenters. The Labute approximate surface area is 307 Å². The summed E-state index contributed by atoms with van der Waals surface area (Å²) in [6.07, 6.45) is 0. The molecule has 0 spiro atoms. The van der Waals surface area contributed by atoms with Gasteiger partial charge in [-0.05, 0) is 100 Å². The molecule has 10 aromatic rings. The molecule has 0 saturated heterocycles. The van der Waals surface area contributed by atoms with Gasteiger partial charge in [0.15, 0.2) is 0 Å². The van der Waals surface area contributed by atoms with Crippen molar-refractivity contribution in [3.8, 4) is 44.5 Å². The van der Waals surface area contributed by atoms with Crippen LogP contribution in [0.4, 0.5) is 0 Å². The fraction of sp³-hybridized carbons (Fsp3) is 0.0588. The molecule has 0 aliphatic heterocycles. The summed E-state index contributed by atoms with van der Waals surface area (Å²) in [5, 5.41) is 10.6. The van der Waals surface area contributed by atoms with E-state index in [1.807, 2.05) is 11.3 Å². The lowest BCUT2D eigenvalue weighted by Crippen LogP contribution is -2.15. The summed E-state index contributed by atoms with van der Waals surface area (Å²) in [5.41, 5.74) is 13.1. The van der Waals surface area contributed by atoms with Crippen molar-refractivity contribution in [3.63, 3.8) is 0 Å². The first-order valence-electron chi connectivity index (χ1n) is 18.2. The highest BCUT2D eigenvalue weighted by Crippen LogP contribution is 2.55. The second kappa shape index (κ2) is 11.0. The molecule has 0 saturated carbocycles. The molecule has 1 heteroatoms. The summed E-state index contributed by atoms with van der Waals surface area (Å²) in [6, 6.07) is 63.2. The van der Waals surface area contributed by atoms with E-state index in [-0.39, 0.29) is 5.41 Å². The molecule has 0 radical (unpaired) electrons. The zero-order valence-electron chi connectivity index (χ0n) is 29.1. The van der Waals surface area contributed by atoms with E-state index in [2.05, 4.69) is 184 Å². The van der Waals surface area contributed by atoms with Crippen molar-refractivity contribution in [2.45, 2.75) is 19.3 Å². The summed E-state index contributed by atoms with van der Waals surface area (Å²) in [5.74, 6) is 0. The molecule has 0 fully saturated rings. The number of rotatable bonds is 3. The number of fused-ring (bicyclic) bond motifs is 11. The van der Waals surface area contributed by atoms with E-state index < -0.39 is 0 Å². The minimum Gasteiger partial charge on any atom is -0.135 e. The van der Waals surface area contributed by atoms with Crippen molar-refractivity contribution in [1.82, 2.24) is 0 Å². The molecule has 244 valence electrons. The van der Waals surface area contributed by atoms with Gasteiger partial charge < -0.3 is 0 Å². The van der Waals surface area contributed by atoms with E-state index in [9.17, 15) is 0 Å². The van der Waals surface area contributed by atoms with Gasteiger partial charge in [-0.25, -0.2) is 0 Å². The fourth-order valence-corrected chi connectivity index (χ4v) is 10.7. The summed E-state index contributed by atoms with van der Waals surface area (Å²) < 4.78 is 2.79. The van der Waals surface area contributed by atoms with Gasteiger partial charge in [0.2, 0.25) is 0 Å². The van der Waals surface area contributed by atoms with Crippen LogP contribution in [0.2, 0.25) is 0 Å². The van der Waals surface area contributed by atoms with Gasteiger partial charge in [-0.1, -0.05) is 172 Å². The summed E-state index contributed by atoms with van der Waals surface area (Å²) >= 11 is 1.96. The molecular formula is C51H34S. The predicted molar refractivity (Wildman–Crippen MR) is 226 cm³/mol. The van der Waals surface area contributed by atoms with Crippen LogP contribution in [0.5, 0.6) is 0 Å². The van der Waals surface area contributed by atoms with Gasteiger partial charge in [0.25, 0.3) is 0 Å². The maximum atomic E-state index is 2.44. The SMILES string of the molecule is CC1(C)c2ccc(-c3ccc(-c4c5ccccc5c(-c5ccccc5)c5ccccc45)cc3)cc2-c2ccc3c(sc4ccc5ccccc5c43)c21. The minimum atomic E-state index is -0.0860. The maximum Gasteiger partial charge on any atom is 0.0402 e. The average Bonchev–Trinajstić information content (AvgIpc) is 3.69. The van der Waals surface area contributed by atoms with Crippen molar-refractivity contribution in [1.29, 1.82) is 0 Å². The molecule has 11 rings (SSSR count). The fourth-order valence-electron chi connectivity index (χ4n) is 9.27. The van der Waals surface area contributed by atoms with Crippen molar-refractivity contribution >= 4 is 63.8 Å². The standard InChI is InChI=1S/C51H34S/c1-51(2)44-28-24-35(30-43(44)41-26-27-42-48-36-15-7-6-12-32(36)25-29-45(48)52-50(42)49(41)51)31-20-22-34(23-21-31)47-39-18-10-8-16-37(39)46(33-13-4-3-5-14-33)38-17-9-11-19-40(38)47/h3-30H,1-2H3. The van der Waals surface area contributed by atoms with Gasteiger partial charge in [0.05, 0.1) is 0 Å². The Hall–Kier alpha value is -6.02. The first-order chi connectivity index (χ1) is 25.6. The molecule has 0 N–H and O–H groups in total. The second-order valence-corrected chi connectivity index (χ2v) is 15.8. The van der Waals surface area contributed by atoms with E-state index in [1.165, 1.54) is 108 Å². The third-order valence-corrected chi connectivity index (χ3v) is 12.8. The van der Waals surface area contributed by atoms with Crippen molar-refractivity contribution in [3.05, 3.63) is 181 Å². The van der Waals surface area contributed by atoms with Crippen LogP contribution in [-0.2, 0) is 5.41 Å². The lowest BCUT2D eigenvalue weighted by Gasteiger charge is -2.22. The van der Waals surface area contributed by atoms with Crippen LogP contribution < -0.4 is 0 Å². The van der Waals surface area contributed by atoms with Gasteiger partial charge in [-0.2, -0.15) is 0 Å². The van der Waals surface area contributed by atoms with Crippen LogP contribution >= 0.6 is 11.3 Å². The van der Waals surface area contributed by atoms with Crippen LogP contribution in [0.1, 0.15) is 25.0 Å². The Kier molecular flexibility index (Phi) is 6.27. The van der Waals surface area contributed by atoms with Gasteiger partial charge in [-0.3, -0.25) is 0 Å². The largest absolute Gasteiger partial charge is 0.135 e. The number of hydrogen-bond donors (Lipinski definition) is 0. The molecule has 9 aromatic carbocycles. The van der Waals surface area contributed by atoms with Crippen molar-refractivity contribution < 1.29 is 0 Å². The number of hydrogen-bond acceptors (Lipinski definition) is 1. The molecule has 1 aromatic heterocycles. The van der Waals surface area contributed by atoms with Gasteiger partial charge in [-0.15, -0.1) is 11.3 Å². The molecule has 0 nitrogen and oxygen atoms in total. The van der Waals surface area contributed by atoms with E-state index >= 15 is 0 Å². The normalized spacial score (nSPS) is 13.3. The van der Waals surface area contributed by atoms with Crippen LogP contribution in [0, 0.1) is 0 Å². The molecule has 0 atom stereocenters. The van der Waals surface area contributed by atoms with Crippen molar-refractivity contribution in [2.24, 2.45) is 0 Å². The van der Waals surface area contributed by atoms with E-state index in [0.29, 0.717) is 0 Å². The first-order valence-corrected chi connectivity index (χ1v) is 19.0. The molecule has 1 aliphatic rings. The third-order valence-electron chi connectivity index (χ3n) is 11.6. The Morgan fingerprint density at radius 1 is 0.404 bits per heavy atom. The zero-order chi connectivity index (χ0) is 34.6. The molecule has 52 heavy (non-hydrogen) atoms. The summed E-state index contributed by atoms with van der Waals surface area (Å²) in [6.45, 7) is 4.82. The number of thiophene rings is 1. The van der Waals surface area contributed by atoms with Gasteiger partial charge >= 0.3 is 0 Å². The Morgan fingerprint density at radius 2 is 0.962 bits per heavy atom. The van der Waals surface area contributed by atoms with Crippen LogP contribution in [0.15, 0.2) is 170 Å². The molecule has 1 heterocycles. The molecule has 1 aliphatic carbocycles. The van der Waals surface area contributed by atoms with Crippen LogP contribution in [0.25, 0.3) is 97.0 Å². The topological polar surface area (TPSA) is 0 Å². The monoisotopic (exact) mass is 678 g/mol. The summed E-state index contributed by atoms with van der Waals surface area (Å²) in [7, 11) is 0.